The van der Waals surface area contributed by atoms with Crippen molar-refractivity contribution in [2.24, 2.45) is 5.73 Å². The van der Waals surface area contributed by atoms with Gasteiger partial charge in [0.2, 0.25) is 5.91 Å². The van der Waals surface area contributed by atoms with E-state index in [2.05, 4.69) is 5.32 Å². The Labute approximate surface area is 78.5 Å². The van der Waals surface area contributed by atoms with E-state index in [1.54, 1.807) is 0 Å². The fraction of sp³-hybridized carbons (Fsp3) is 0.889. The zero-order chi connectivity index (χ0) is 9.84. The minimum absolute atomic E-state index is 0.210. The maximum atomic E-state index is 11.1. The molecule has 76 valence electrons. The highest BCUT2D eigenvalue weighted by Gasteiger charge is 2.21. The van der Waals surface area contributed by atoms with Gasteiger partial charge < -0.3 is 16.2 Å². The van der Waals surface area contributed by atoms with Crippen LogP contribution in [0.2, 0.25) is 0 Å². The summed E-state index contributed by atoms with van der Waals surface area (Å²) in [6.45, 7) is 1.48. The van der Waals surface area contributed by atoms with Crippen LogP contribution in [-0.2, 0) is 4.79 Å². The minimum atomic E-state index is -0.907. The highest BCUT2D eigenvalue weighted by molar-refractivity contribution is 5.80. The van der Waals surface area contributed by atoms with Crippen LogP contribution in [0, 0.1) is 0 Å². The summed E-state index contributed by atoms with van der Waals surface area (Å²) in [7, 11) is 0. The molecule has 0 saturated heterocycles. The van der Waals surface area contributed by atoms with Gasteiger partial charge in [0.05, 0.1) is 0 Å². The van der Waals surface area contributed by atoms with Crippen molar-refractivity contribution in [3.8, 4) is 0 Å². The van der Waals surface area contributed by atoms with Gasteiger partial charge in [0.15, 0.2) is 0 Å². The Morgan fingerprint density at radius 2 is 2.00 bits per heavy atom. The van der Waals surface area contributed by atoms with Crippen molar-refractivity contribution >= 4 is 5.91 Å². The predicted octanol–water partition coefficient (Wildman–Crippen LogP) is -0.247. The number of rotatable bonds is 2. The molecule has 1 aliphatic rings. The Kier molecular flexibility index (Phi) is 3.69. The van der Waals surface area contributed by atoms with Crippen molar-refractivity contribution in [2.45, 2.75) is 50.8 Å². The molecular formula is C9H18N2O2. The van der Waals surface area contributed by atoms with Gasteiger partial charge in [-0.3, -0.25) is 4.79 Å². The number of hydrogen-bond acceptors (Lipinski definition) is 3. The number of carbonyl (C=O) groups is 1. The zero-order valence-corrected chi connectivity index (χ0v) is 7.99. The first-order valence-electron chi connectivity index (χ1n) is 4.83. The summed E-state index contributed by atoms with van der Waals surface area (Å²) in [5.41, 5.74) is 5.73. The molecule has 0 aromatic carbocycles. The van der Waals surface area contributed by atoms with Crippen LogP contribution in [0.1, 0.15) is 32.6 Å². The Hall–Kier alpha value is -0.610. The van der Waals surface area contributed by atoms with Crippen LogP contribution in [0.25, 0.3) is 0 Å². The van der Waals surface area contributed by atoms with E-state index in [1.165, 1.54) is 6.92 Å². The maximum Gasteiger partial charge on any atom is 0.248 e. The van der Waals surface area contributed by atoms with Gasteiger partial charge >= 0.3 is 0 Å². The fourth-order valence-corrected chi connectivity index (χ4v) is 1.59. The van der Waals surface area contributed by atoms with E-state index >= 15 is 0 Å². The van der Waals surface area contributed by atoms with Gasteiger partial charge in [0.1, 0.15) is 6.10 Å². The first-order valence-corrected chi connectivity index (χ1v) is 4.83. The molecule has 1 atom stereocenters. The lowest BCUT2D eigenvalue weighted by Crippen LogP contribution is -2.43. The van der Waals surface area contributed by atoms with E-state index in [-0.39, 0.29) is 11.9 Å². The number of amides is 1. The van der Waals surface area contributed by atoms with Crippen LogP contribution < -0.4 is 11.1 Å². The number of nitrogens with two attached hydrogens (primary N) is 1. The SMILES string of the molecule is C[C@H](O)C(=O)NC1CCC(N)CC1. The molecule has 0 bridgehead atoms. The summed E-state index contributed by atoms with van der Waals surface area (Å²) in [5.74, 6) is -0.277. The van der Waals surface area contributed by atoms with E-state index in [9.17, 15) is 4.79 Å². The van der Waals surface area contributed by atoms with Gasteiger partial charge in [-0.05, 0) is 32.6 Å². The van der Waals surface area contributed by atoms with Gasteiger partial charge in [-0.15, -0.1) is 0 Å². The van der Waals surface area contributed by atoms with Gasteiger partial charge in [-0.25, -0.2) is 0 Å². The third-order valence-corrected chi connectivity index (χ3v) is 2.50. The number of aliphatic hydroxyl groups excluding tert-OH is 1. The number of hydrogen-bond donors (Lipinski definition) is 3. The van der Waals surface area contributed by atoms with E-state index in [0.29, 0.717) is 6.04 Å². The van der Waals surface area contributed by atoms with Crippen LogP contribution in [-0.4, -0.2) is 29.2 Å². The van der Waals surface area contributed by atoms with Gasteiger partial charge in [0, 0.05) is 12.1 Å². The van der Waals surface area contributed by atoms with Crippen LogP contribution in [0.3, 0.4) is 0 Å². The quantitative estimate of drug-likeness (QED) is 0.557. The van der Waals surface area contributed by atoms with Crippen LogP contribution >= 0.6 is 0 Å². The Bertz CT molecular complexity index is 174. The van der Waals surface area contributed by atoms with Gasteiger partial charge in [-0.2, -0.15) is 0 Å². The number of carbonyl (C=O) groups excluding carboxylic acids is 1. The van der Waals surface area contributed by atoms with Crippen molar-refractivity contribution in [3.63, 3.8) is 0 Å². The monoisotopic (exact) mass is 186 g/mol. The molecule has 0 aromatic rings. The van der Waals surface area contributed by atoms with Crippen molar-refractivity contribution < 1.29 is 9.90 Å². The standard InChI is InChI=1S/C9H18N2O2/c1-6(12)9(13)11-8-4-2-7(10)3-5-8/h6-8,12H,2-5,10H2,1H3,(H,11,13)/t6-,7?,8?/m0/s1. The van der Waals surface area contributed by atoms with Crippen molar-refractivity contribution in [1.82, 2.24) is 5.32 Å². The van der Waals surface area contributed by atoms with E-state index in [1.807, 2.05) is 0 Å². The zero-order valence-electron chi connectivity index (χ0n) is 7.99. The molecule has 1 fully saturated rings. The summed E-state index contributed by atoms with van der Waals surface area (Å²) in [5, 5.41) is 11.8. The molecule has 0 aromatic heterocycles. The smallest absolute Gasteiger partial charge is 0.248 e. The average Bonchev–Trinajstić information content (AvgIpc) is 2.08. The Morgan fingerprint density at radius 3 is 2.46 bits per heavy atom. The first kappa shape index (κ1) is 10.5. The molecule has 1 saturated carbocycles. The summed E-state index contributed by atoms with van der Waals surface area (Å²) < 4.78 is 0. The second-order valence-electron chi connectivity index (χ2n) is 3.80. The predicted molar refractivity (Wildman–Crippen MR) is 50.1 cm³/mol. The largest absolute Gasteiger partial charge is 0.384 e. The fourth-order valence-electron chi connectivity index (χ4n) is 1.59. The number of aliphatic hydroxyl groups is 1. The minimum Gasteiger partial charge on any atom is -0.384 e. The molecule has 13 heavy (non-hydrogen) atoms. The molecule has 0 heterocycles. The molecule has 0 spiro atoms. The number of nitrogens with one attached hydrogen (secondary N) is 1. The second kappa shape index (κ2) is 4.58. The summed E-state index contributed by atoms with van der Waals surface area (Å²) in [4.78, 5) is 11.1. The summed E-state index contributed by atoms with van der Waals surface area (Å²) in [6, 6.07) is 0.501. The van der Waals surface area contributed by atoms with E-state index in [0.717, 1.165) is 25.7 Å². The van der Waals surface area contributed by atoms with Crippen molar-refractivity contribution in [3.05, 3.63) is 0 Å². The lowest BCUT2D eigenvalue weighted by molar-refractivity contribution is -0.129. The van der Waals surface area contributed by atoms with Gasteiger partial charge in [-0.1, -0.05) is 0 Å². The maximum absolute atomic E-state index is 11.1. The lowest BCUT2D eigenvalue weighted by Gasteiger charge is -2.27. The molecule has 4 N–H and O–H groups in total. The normalized spacial score (nSPS) is 31.0. The van der Waals surface area contributed by atoms with Crippen molar-refractivity contribution in [2.75, 3.05) is 0 Å². The molecule has 1 amide bonds. The molecule has 0 aliphatic heterocycles. The lowest BCUT2D eigenvalue weighted by atomic mass is 9.92. The van der Waals surface area contributed by atoms with Crippen LogP contribution in [0.4, 0.5) is 0 Å². The molecule has 1 rings (SSSR count). The molecule has 4 heteroatoms. The Balaban J connectivity index is 2.26. The molecule has 0 radical (unpaired) electrons. The van der Waals surface area contributed by atoms with Crippen LogP contribution in [0.15, 0.2) is 0 Å². The molecule has 1 aliphatic carbocycles. The highest BCUT2D eigenvalue weighted by Crippen LogP contribution is 2.16. The van der Waals surface area contributed by atoms with Crippen LogP contribution in [0.5, 0.6) is 0 Å². The van der Waals surface area contributed by atoms with E-state index in [4.69, 9.17) is 10.8 Å². The second-order valence-corrected chi connectivity index (χ2v) is 3.80. The topological polar surface area (TPSA) is 75.3 Å². The van der Waals surface area contributed by atoms with Crippen molar-refractivity contribution in [1.29, 1.82) is 0 Å². The molecule has 4 nitrogen and oxygen atoms in total. The summed E-state index contributed by atoms with van der Waals surface area (Å²) >= 11 is 0. The first-order chi connectivity index (χ1) is 6.09. The third kappa shape index (κ3) is 3.32. The molecular weight excluding hydrogens is 168 g/mol. The average molecular weight is 186 g/mol. The van der Waals surface area contributed by atoms with Gasteiger partial charge in [0.25, 0.3) is 0 Å². The Morgan fingerprint density at radius 1 is 1.46 bits per heavy atom. The van der Waals surface area contributed by atoms with E-state index < -0.39 is 6.10 Å². The summed E-state index contributed by atoms with van der Waals surface area (Å²) in [6.07, 6.45) is 2.88. The molecule has 0 unspecified atom stereocenters. The highest BCUT2D eigenvalue weighted by atomic mass is 16.3. The third-order valence-electron chi connectivity index (χ3n) is 2.50.